The summed E-state index contributed by atoms with van der Waals surface area (Å²) in [6.45, 7) is 1.61. The fraction of sp³-hybridized carbons (Fsp3) is 0.273. The maximum absolute atomic E-state index is 12.9. The van der Waals surface area contributed by atoms with Gasteiger partial charge in [-0.2, -0.15) is 4.99 Å². The number of para-hydroxylation sites is 1. The number of benzene rings is 2. The molecule has 0 saturated carbocycles. The van der Waals surface area contributed by atoms with Crippen molar-refractivity contribution in [1.82, 2.24) is 0 Å². The van der Waals surface area contributed by atoms with Crippen LogP contribution in [0.3, 0.4) is 0 Å². The summed E-state index contributed by atoms with van der Waals surface area (Å²) >= 11 is 0. The molecule has 0 spiro atoms. The molecule has 0 aliphatic carbocycles. The van der Waals surface area contributed by atoms with E-state index in [0.717, 1.165) is 0 Å². The molecule has 3 amide bonds. The van der Waals surface area contributed by atoms with Crippen molar-refractivity contribution >= 4 is 29.3 Å². The Kier molecular flexibility index (Phi) is 4.66. The standard InChI is InChI=1S/C22H20N2O5/c1-22(21(27)23-19(29-22)14-8-10-17(28-2)11-9-14)13-15-12-18(25)24(20(15)26)16-6-4-3-5-7-16/h3-11,15H,12-13H2,1-2H3/t15?,22-/m0/s1. The highest BCUT2D eigenvalue weighted by Gasteiger charge is 2.49. The number of hydrogen-bond acceptors (Lipinski definition) is 5. The summed E-state index contributed by atoms with van der Waals surface area (Å²) in [4.78, 5) is 43.1. The molecule has 2 aromatic rings. The number of hydrogen-bond donors (Lipinski definition) is 0. The summed E-state index contributed by atoms with van der Waals surface area (Å²) in [5.74, 6) is -0.814. The van der Waals surface area contributed by atoms with Gasteiger partial charge in [0.15, 0.2) is 5.60 Å². The Balaban J connectivity index is 1.50. The molecule has 7 heteroatoms. The van der Waals surface area contributed by atoms with Crippen LogP contribution in [-0.2, 0) is 19.1 Å². The van der Waals surface area contributed by atoms with Crippen LogP contribution in [0.1, 0.15) is 25.3 Å². The quantitative estimate of drug-likeness (QED) is 0.731. The number of carbonyl (C=O) groups is 3. The topological polar surface area (TPSA) is 85.3 Å². The first-order chi connectivity index (χ1) is 13.9. The van der Waals surface area contributed by atoms with E-state index in [-0.39, 0.29) is 30.6 Å². The van der Waals surface area contributed by atoms with Gasteiger partial charge in [0.25, 0.3) is 5.91 Å². The third kappa shape index (κ3) is 3.40. The number of amides is 3. The first-order valence-electron chi connectivity index (χ1n) is 9.30. The lowest BCUT2D eigenvalue weighted by molar-refractivity contribution is -0.132. The average Bonchev–Trinajstić information content (AvgIpc) is 3.17. The molecule has 2 aromatic carbocycles. The Labute approximate surface area is 167 Å². The second-order valence-corrected chi connectivity index (χ2v) is 7.29. The Morgan fingerprint density at radius 1 is 1.10 bits per heavy atom. The molecule has 4 rings (SSSR count). The number of rotatable bonds is 5. The minimum Gasteiger partial charge on any atom is -0.497 e. The lowest BCUT2D eigenvalue weighted by Gasteiger charge is -2.24. The minimum absolute atomic E-state index is 0.0395. The van der Waals surface area contributed by atoms with E-state index >= 15 is 0 Å². The van der Waals surface area contributed by atoms with Gasteiger partial charge in [-0.25, -0.2) is 0 Å². The second-order valence-electron chi connectivity index (χ2n) is 7.29. The third-order valence-electron chi connectivity index (χ3n) is 5.20. The largest absolute Gasteiger partial charge is 0.497 e. The van der Waals surface area contributed by atoms with Crippen molar-refractivity contribution < 1.29 is 23.9 Å². The summed E-state index contributed by atoms with van der Waals surface area (Å²) in [7, 11) is 1.57. The second kappa shape index (κ2) is 7.16. The smallest absolute Gasteiger partial charge is 0.292 e. The minimum atomic E-state index is -1.29. The molecule has 0 N–H and O–H groups in total. The number of methoxy groups -OCH3 is 1. The van der Waals surface area contributed by atoms with Gasteiger partial charge < -0.3 is 9.47 Å². The molecule has 7 nitrogen and oxygen atoms in total. The number of ether oxygens (including phenoxy) is 2. The van der Waals surface area contributed by atoms with Crippen LogP contribution in [0.25, 0.3) is 0 Å². The molecule has 2 aliphatic rings. The van der Waals surface area contributed by atoms with Crippen LogP contribution >= 0.6 is 0 Å². The summed E-state index contributed by atoms with van der Waals surface area (Å²) in [5.41, 5.74) is -0.116. The van der Waals surface area contributed by atoms with Gasteiger partial charge in [0.2, 0.25) is 17.7 Å². The lowest BCUT2D eigenvalue weighted by atomic mass is 9.90. The van der Waals surface area contributed by atoms with Crippen LogP contribution in [0.2, 0.25) is 0 Å². The van der Waals surface area contributed by atoms with Crippen LogP contribution in [-0.4, -0.2) is 36.3 Å². The van der Waals surface area contributed by atoms with E-state index in [1.807, 2.05) is 6.07 Å². The highest BCUT2D eigenvalue weighted by Crippen LogP contribution is 2.36. The molecule has 2 atom stereocenters. The van der Waals surface area contributed by atoms with Crippen molar-refractivity contribution in [3.63, 3.8) is 0 Å². The Hall–Kier alpha value is -3.48. The molecule has 2 heterocycles. The van der Waals surface area contributed by atoms with Crippen molar-refractivity contribution in [1.29, 1.82) is 0 Å². The molecule has 1 unspecified atom stereocenters. The Morgan fingerprint density at radius 3 is 2.45 bits per heavy atom. The Bertz CT molecular complexity index is 1000. The normalized spacial score (nSPS) is 23.9. The first-order valence-corrected chi connectivity index (χ1v) is 9.30. The molecule has 148 valence electrons. The predicted molar refractivity (Wildman–Crippen MR) is 106 cm³/mol. The zero-order valence-electron chi connectivity index (χ0n) is 16.1. The van der Waals surface area contributed by atoms with Gasteiger partial charge in [0.05, 0.1) is 18.7 Å². The highest BCUT2D eigenvalue weighted by molar-refractivity contribution is 6.21. The zero-order valence-corrected chi connectivity index (χ0v) is 16.1. The van der Waals surface area contributed by atoms with Gasteiger partial charge in [-0.3, -0.25) is 19.3 Å². The molecule has 2 aliphatic heterocycles. The summed E-state index contributed by atoms with van der Waals surface area (Å²) in [6, 6.07) is 15.8. The van der Waals surface area contributed by atoms with E-state index in [2.05, 4.69) is 4.99 Å². The molecular formula is C22H20N2O5. The SMILES string of the molecule is COc1ccc(C2=NC(=O)[C@](C)(CC3CC(=O)N(c4ccccc4)C3=O)O2)cc1. The van der Waals surface area contributed by atoms with Gasteiger partial charge >= 0.3 is 0 Å². The van der Waals surface area contributed by atoms with E-state index < -0.39 is 17.4 Å². The number of imide groups is 1. The lowest BCUT2D eigenvalue weighted by Crippen LogP contribution is -2.38. The average molecular weight is 392 g/mol. The van der Waals surface area contributed by atoms with E-state index in [1.165, 1.54) is 4.90 Å². The number of nitrogens with zero attached hydrogens (tertiary/aromatic N) is 2. The van der Waals surface area contributed by atoms with E-state index in [0.29, 0.717) is 17.0 Å². The van der Waals surface area contributed by atoms with E-state index in [1.54, 1.807) is 62.6 Å². The predicted octanol–water partition coefficient (Wildman–Crippen LogP) is 2.73. The van der Waals surface area contributed by atoms with E-state index in [9.17, 15) is 14.4 Å². The third-order valence-corrected chi connectivity index (χ3v) is 5.20. The van der Waals surface area contributed by atoms with Gasteiger partial charge in [-0.1, -0.05) is 18.2 Å². The van der Waals surface area contributed by atoms with Gasteiger partial charge in [-0.05, 0) is 43.3 Å². The molecule has 0 radical (unpaired) electrons. The van der Waals surface area contributed by atoms with E-state index in [4.69, 9.17) is 9.47 Å². The van der Waals surface area contributed by atoms with Crippen molar-refractivity contribution in [2.24, 2.45) is 10.9 Å². The monoisotopic (exact) mass is 392 g/mol. The van der Waals surface area contributed by atoms with Gasteiger partial charge in [0.1, 0.15) is 5.75 Å². The first kappa shape index (κ1) is 18.9. The zero-order chi connectivity index (χ0) is 20.6. The number of anilines is 1. The van der Waals surface area contributed by atoms with Gasteiger partial charge in [-0.15, -0.1) is 0 Å². The van der Waals surface area contributed by atoms with Crippen LogP contribution in [0.15, 0.2) is 59.6 Å². The number of aliphatic imine (C=N–C) groups is 1. The molecule has 0 bridgehead atoms. The van der Waals surface area contributed by atoms with Crippen LogP contribution < -0.4 is 9.64 Å². The van der Waals surface area contributed by atoms with Crippen LogP contribution in [0, 0.1) is 5.92 Å². The fourth-order valence-corrected chi connectivity index (χ4v) is 3.65. The summed E-state index contributed by atoms with van der Waals surface area (Å²) in [6.07, 6.45) is 0.126. The summed E-state index contributed by atoms with van der Waals surface area (Å²) in [5, 5.41) is 0. The number of carbonyl (C=O) groups excluding carboxylic acids is 3. The molecular weight excluding hydrogens is 372 g/mol. The summed E-state index contributed by atoms with van der Waals surface area (Å²) < 4.78 is 11.0. The molecule has 1 fully saturated rings. The van der Waals surface area contributed by atoms with Crippen LogP contribution in [0.4, 0.5) is 5.69 Å². The van der Waals surface area contributed by atoms with Crippen molar-refractivity contribution in [3.05, 3.63) is 60.2 Å². The Morgan fingerprint density at radius 2 is 1.79 bits per heavy atom. The van der Waals surface area contributed by atoms with Crippen LogP contribution in [0.5, 0.6) is 5.75 Å². The van der Waals surface area contributed by atoms with Gasteiger partial charge in [0, 0.05) is 18.4 Å². The fourth-order valence-electron chi connectivity index (χ4n) is 3.65. The maximum atomic E-state index is 12.9. The maximum Gasteiger partial charge on any atom is 0.292 e. The highest BCUT2D eigenvalue weighted by atomic mass is 16.5. The van der Waals surface area contributed by atoms with Crippen molar-refractivity contribution in [3.8, 4) is 5.75 Å². The molecule has 29 heavy (non-hydrogen) atoms. The molecule has 1 saturated heterocycles. The van der Waals surface area contributed by atoms with Crippen molar-refractivity contribution in [2.75, 3.05) is 12.0 Å². The molecule has 0 aromatic heterocycles. The van der Waals surface area contributed by atoms with Crippen molar-refractivity contribution in [2.45, 2.75) is 25.4 Å².